The molecule has 0 fully saturated rings. The molecule has 0 aliphatic carbocycles. The summed E-state index contributed by atoms with van der Waals surface area (Å²) in [7, 11) is 0. The molecular formula is C10H5Cl2N5S. The predicted octanol–water partition coefficient (Wildman–Crippen LogP) is 3.09. The van der Waals surface area contributed by atoms with E-state index >= 15 is 0 Å². The Morgan fingerprint density at radius 3 is 2.72 bits per heavy atom. The maximum atomic E-state index is 6.05. The Kier molecular flexibility index (Phi) is 2.99. The van der Waals surface area contributed by atoms with Crippen molar-refractivity contribution >= 4 is 34.5 Å². The van der Waals surface area contributed by atoms with E-state index in [9.17, 15) is 0 Å². The minimum absolute atomic E-state index is 0.106. The lowest BCUT2D eigenvalue weighted by Crippen LogP contribution is -2.04. The molecule has 3 heterocycles. The van der Waals surface area contributed by atoms with Gasteiger partial charge in [0, 0.05) is 12.4 Å². The molecule has 18 heavy (non-hydrogen) atoms. The highest BCUT2D eigenvalue weighted by Gasteiger charge is 2.12. The van der Waals surface area contributed by atoms with E-state index in [0.717, 1.165) is 4.88 Å². The van der Waals surface area contributed by atoms with E-state index in [1.165, 1.54) is 16.0 Å². The zero-order chi connectivity index (χ0) is 12.5. The molecule has 0 atom stereocenters. The smallest absolute Gasteiger partial charge is 0.206 e. The van der Waals surface area contributed by atoms with Crippen LogP contribution in [0.25, 0.3) is 16.6 Å². The Balaban J connectivity index is 2.15. The molecule has 3 aromatic rings. The van der Waals surface area contributed by atoms with Crippen molar-refractivity contribution in [2.45, 2.75) is 0 Å². The molecule has 0 amide bonds. The quantitative estimate of drug-likeness (QED) is 0.729. The van der Waals surface area contributed by atoms with E-state index in [1.54, 1.807) is 24.5 Å². The van der Waals surface area contributed by atoms with E-state index in [1.807, 2.05) is 5.38 Å². The lowest BCUT2D eigenvalue weighted by atomic mass is 10.4. The summed E-state index contributed by atoms with van der Waals surface area (Å²) in [6.07, 6.45) is 3.36. The number of halogens is 2. The zero-order valence-corrected chi connectivity index (χ0v) is 11.1. The van der Waals surface area contributed by atoms with Gasteiger partial charge in [-0.3, -0.25) is 0 Å². The minimum Gasteiger partial charge on any atom is -0.206 e. The van der Waals surface area contributed by atoms with Crippen molar-refractivity contribution in [1.82, 2.24) is 24.7 Å². The van der Waals surface area contributed by atoms with Crippen LogP contribution in [0.4, 0.5) is 0 Å². The minimum atomic E-state index is 0.106. The summed E-state index contributed by atoms with van der Waals surface area (Å²) in [6.45, 7) is 0. The Morgan fingerprint density at radius 2 is 2.06 bits per heavy atom. The van der Waals surface area contributed by atoms with Crippen molar-refractivity contribution < 1.29 is 0 Å². The summed E-state index contributed by atoms with van der Waals surface area (Å²) < 4.78 is 1.51. The molecule has 0 aliphatic heterocycles. The molecule has 0 saturated heterocycles. The lowest BCUT2D eigenvalue weighted by Gasteiger charge is -2.02. The van der Waals surface area contributed by atoms with Crippen LogP contribution in [0.15, 0.2) is 29.9 Å². The van der Waals surface area contributed by atoms with Crippen LogP contribution in [0.5, 0.6) is 0 Å². The second-order valence-corrected chi connectivity index (χ2v) is 4.94. The Labute approximate surface area is 116 Å². The molecule has 8 heteroatoms. The second kappa shape index (κ2) is 4.64. The average molecular weight is 298 g/mol. The fourth-order valence-corrected chi connectivity index (χ4v) is 2.61. The highest BCUT2D eigenvalue weighted by Crippen LogP contribution is 2.31. The van der Waals surface area contributed by atoms with Gasteiger partial charge in [-0.25, -0.2) is 4.68 Å². The van der Waals surface area contributed by atoms with Crippen LogP contribution in [-0.4, -0.2) is 24.7 Å². The SMILES string of the molecule is Clc1nc(-c2sccc2Cl)nc(-n2cccn2)n1. The second-order valence-electron chi connectivity index (χ2n) is 3.28. The highest BCUT2D eigenvalue weighted by atomic mass is 35.5. The first-order valence-electron chi connectivity index (χ1n) is 4.89. The van der Waals surface area contributed by atoms with Gasteiger partial charge in [-0.1, -0.05) is 11.6 Å². The number of rotatable bonds is 2. The monoisotopic (exact) mass is 297 g/mol. The summed E-state index contributed by atoms with van der Waals surface area (Å²) >= 11 is 13.4. The average Bonchev–Trinajstić information content (AvgIpc) is 2.98. The highest BCUT2D eigenvalue weighted by molar-refractivity contribution is 7.14. The van der Waals surface area contributed by atoms with Crippen molar-refractivity contribution in [1.29, 1.82) is 0 Å². The van der Waals surface area contributed by atoms with Crippen molar-refractivity contribution in [3.63, 3.8) is 0 Å². The maximum Gasteiger partial charge on any atom is 0.255 e. The number of nitrogens with zero attached hydrogens (tertiary/aromatic N) is 5. The molecule has 0 N–H and O–H groups in total. The van der Waals surface area contributed by atoms with Crippen LogP contribution < -0.4 is 0 Å². The molecule has 0 unspecified atom stereocenters. The van der Waals surface area contributed by atoms with Crippen LogP contribution in [0.3, 0.4) is 0 Å². The van der Waals surface area contributed by atoms with Crippen LogP contribution in [0.2, 0.25) is 10.3 Å². The van der Waals surface area contributed by atoms with Crippen molar-refractivity contribution in [3.05, 3.63) is 40.2 Å². The molecule has 0 bridgehead atoms. The summed E-state index contributed by atoms with van der Waals surface area (Å²) in [5.41, 5.74) is 0. The van der Waals surface area contributed by atoms with Gasteiger partial charge in [0.25, 0.3) is 5.95 Å². The first kappa shape index (κ1) is 11.6. The maximum absolute atomic E-state index is 6.05. The first-order chi connectivity index (χ1) is 8.74. The first-order valence-corrected chi connectivity index (χ1v) is 6.52. The molecule has 0 spiro atoms. The largest absolute Gasteiger partial charge is 0.255 e. The fraction of sp³-hybridized carbons (Fsp3) is 0. The summed E-state index contributed by atoms with van der Waals surface area (Å²) in [5.74, 6) is 0.806. The third-order valence-corrected chi connectivity index (χ3v) is 3.63. The zero-order valence-electron chi connectivity index (χ0n) is 8.79. The van der Waals surface area contributed by atoms with Gasteiger partial charge in [-0.2, -0.15) is 20.1 Å². The Hall–Kier alpha value is -1.50. The molecule has 5 nitrogen and oxygen atoms in total. The van der Waals surface area contributed by atoms with Crippen molar-refractivity contribution in [2.24, 2.45) is 0 Å². The third kappa shape index (κ3) is 2.10. The van der Waals surface area contributed by atoms with Crippen molar-refractivity contribution in [2.75, 3.05) is 0 Å². The lowest BCUT2D eigenvalue weighted by molar-refractivity contribution is 0.798. The number of hydrogen-bond acceptors (Lipinski definition) is 5. The van der Waals surface area contributed by atoms with E-state index in [4.69, 9.17) is 23.2 Å². The molecule has 3 rings (SSSR count). The van der Waals surface area contributed by atoms with E-state index < -0.39 is 0 Å². The van der Waals surface area contributed by atoms with Crippen LogP contribution in [0, 0.1) is 0 Å². The third-order valence-electron chi connectivity index (χ3n) is 2.13. The normalized spacial score (nSPS) is 10.8. The van der Waals surface area contributed by atoms with Gasteiger partial charge in [0.05, 0.1) is 9.90 Å². The van der Waals surface area contributed by atoms with Gasteiger partial charge < -0.3 is 0 Å². The van der Waals surface area contributed by atoms with Gasteiger partial charge in [-0.15, -0.1) is 11.3 Å². The van der Waals surface area contributed by atoms with Crippen molar-refractivity contribution in [3.8, 4) is 16.6 Å². The van der Waals surface area contributed by atoms with Gasteiger partial charge >= 0.3 is 0 Å². The molecule has 0 radical (unpaired) electrons. The van der Waals surface area contributed by atoms with E-state index in [0.29, 0.717) is 16.8 Å². The standard InChI is InChI=1S/C10H5Cl2N5S/c11-6-2-5-18-7(6)8-14-9(12)16-10(15-8)17-4-1-3-13-17/h1-5H. The number of thiophene rings is 1. The number of hydrogen-bond donors (Lipinski definition) is 0. The number of aromatic nitrogens is 5. The predicted molar refractivity (Wildman–Crippen MR) is 70.3 cm³/mol. The van der Waals surface area contributed by atoms with Crippen LogP contribution in [0.1, 0.15) is 0 Å². The van der Waals surface area contributed by atoms with Gasteiger partial charge in [0.1, 0.15) is 0 Å². The van der Waals surface area contributed by atoms with Crippen LogP contribution >= 0.6 is 34.5 Å². The molecule has 0 saturated carbocycles. The van der Waals surface area contributed by atoms with E-state index in [-0.39, 0.29) is 5.28 Å². The van der Waals surface area contributed by atoms with Crippen LogP contribution in [-0.2, 0) is 0 Å². The molecule has 3 aromatic heterocycles. The molecular weight excluding hydrogens is 293 g/mol. The summed E-state index contributed by atoms with van der Waals surface area (Å²) in [4.78, 5) is 13.2. The van der Waals surface area contributed by atoms with E-state index in [2.05, 4.69) is 20.1 Å². The fourth-order valence-electron chi connectivity index (χ4n) is 1.38. The summed E-state index contributed by atoms with van der Waals surface area (Å²) in [5, 5.41) is 6.61. The Bertz CT molecular complexity index is 679. The molecule has 0 aliphatic rings. The van der Waals surface area contributed by atoms with Gasteiger partial charge in [-0.05, 0) is 29.1 Å². The van der Waals surface area contributed by atoms with Gasteiger partial charge in [0.15, 0.2) is 5.82 Å². The topological polar surface area (TPSA) is 56.5 Å². The molecule has 0 aromatic carbocycles. The molecule has 90 valence electrons. The summed E-state index contributed by atoms with van der Waals surface area (Å²) in [6, 6.07) is 3.56. The Morgan fingerprint density at radius 1 is 1.17 bits per heavy atom. The van der Waals surface area contributed by atoms with Gasteiger partial charge in [0.2, 0.25) is 5.28 Å².